The van der Waals surface area contributed by atoms with Crippen LogP contribution in [0.2, 0.25) is 0 Å². The Labute approximate surface area is 41.9 Å². The summed E-state index contributed by atoms with van der Waals surface area (Å²) in [7, 11) is 0. The zero-order valence-corrected chi connectivity index (χ0v) is 3.85. The van der Waals surface area contributed by atoms with E-state index in [0.29, 0.717) is 19.3 Å². The van der Waals surface area contributed by atoms with Crippen molar-refractivity contribution < 1.29 is 4.74 Å². The standard InChI is InChI=1S/C4H6N2O/c5-3-6-4-1-7-2-4/h4,6H,1-2H2. The van der Waals surface area contributed by atoms with Gasteiger partial charge in [0, 0.05) is 0 Å². The zero-order valence-electron chi connectivity index (χ0n) is 3.85. The maximum atomic E-state index is 7.98. The Morgan fingerprint density at radius 3 is 2.57 bits per heavy atom. The van der Waals surface area contributed by atoms with E-state index in [2.05, 4.69) is 5.32 Å². The number of hydrogen-bond acceptors (Lipinski definition) is 3. The largest absolute Gasteiger partial charge is 0.377 e. The smallest absolute Gasteiger partial charge is 0.176 e. The molecule has 0 bridgehead atoms. The summed E-state index contributed by atoms with van der Waals surface area (Å²) in [5, 5.41) is 10.5. The predicted molar refractivity (Wildman–Crippen MR) is 23.4 cm³/mol. The number of rotatable bonds is 1. The molecule has 38 valence electrons. The first-order valence-corrected chi connectivity index (χ1v) is 2.16. The van der Waals surface area contributed by atoms with Gasteiger partial charge in [-0.05, 0) is 0 Å². The van der Waals surface area contributed by atoms with E-state index in [0.717, 1.165) is 0 Å². The lowest BCUT2D eigenvalue weighted by Crippen LogP contribution is -2.43. The first-order valence-electron chi connectivity index (χ1n) is 2.16. The van der Waals surface area contributed by atoms with E-state index in [-0.39, 0.29) is 0 Å². The summed E-state index contributed by atoms with van der Waals surface area (Å²) in [6.07, 6.45) is 1.84. The second-order valence-electron chi connectivity index (χ2n) is 1.49. The molecule has 0 aliphatic carbocycles. The van der Waals surface area contributed by atoms with Crippen LogP contribution in [0.5, 0.6) is 0 Å². The third-order valence-electron chi connectivity index (χ3n) is 0.907. The average Bonchev–Trinajstić information content (AvgIpc) is 1.55. The molecule has 1 heterocycles. The molecule has 3 nitrogen and oxygen atoms in total. The lowest BCUT2D eigenvalue weighted by atomic mass is 10.3. The topological polar surface area (TPSA) is 45.0 Å². The number of ether oxygens (including phenoxy) is 1. The molecular weight excluding hydrogens is 92.1 g/mol. The van der Waals surface area contributed by atoms with Gasteiger partial charge in [0.25, 0.3) is 0 Å². The number of nitrogens with zero attached hydrogens (tertiary/aromatic N) is 1. The van der Waals surface area contributed by atoms with Crippen molar-refractivity contribution in [2.75, 3.05) is 13.2 Å². The van der Waals surface area contributed by atoms with E-state index in [1.807, 2.05) is 6.19 Å². The van der Waals surface area contributed by atoms with Crippen LogP contribution in [0.3, 0.4) is 0 Å². The third-order valence-corrected chi connectivity index (χ3v) is 0.907. The van der Waals surface area contributed by atoms with Crippen molar-refractivity contribution in [2.24, 2.45) is 0 Å². The van der Waals surface area contributed by atoms with Crippen LogP contribution in [0.15, 0.2) is 0 Å². The number of hydrogen-bond donors (Lipinski definition) is 1. The fourth-order valence-electron chi connectivity index (χ4n) is 0.410. The molecular formula is C4H6N2O. The summed E-state index contributed by atoms with van der Waals surface area (Å²) in [5.41, 5.74) is 0. The van der Waals surface area contributed by atoms with Crippen LogP contribution in [0.1, 0.15) is 0 Å². The van der Waals surface area contributed by atoms with Crippen molar-refractivity contribution in [3.63, 3.8) is 0 Å². The molecule has 0 atom stereocenters. The van der Waals surface area contributed by atoms with E-state index in [1.165, 1.54) is 0 Å². The highest BCUT2D eigenvalue weighted by molar-refractivity contribution is 4.80. The van der Waals surface area contributed by atoms with Gasteiger partial charge in [-0.15, -0.1) is 0 Å². The van der Waals surface area contributed by atoms with Gasteiger partial charge < -0.3 is 10.1 Å². The average molecular weight is 98.1 g/mol. The molecule has 1 aliphatic rings. The molecule has 0 aromatic rings. The fraction of sp³-hybridized carbons (Fsp3) is 0.750. The highest BCUT2D eigenvalue weighted by Crippen LogP contribution is 1.96. The Morgan fingerprint density at radius 1 is 1.71 bits per heavy atom. The summed E-state index contributed by atoms with van der Waals surface area (Å²) in [4.78, 5) is 0. The van der Waals surface area contributed by atoms with Gasteiger partial charge in [0.1, 0.15) is 0 Å². The minimum absolute atomic E-state index is 0.296. The molecule has 1 saturated heterocycles. The molecule has 0 aromatic carbocycles. The van der Waals surface area contributed by atoms with Gasteiger partial charge in [-0.1, -0.05) is 0 Å². The first-order chi connectivity index (χ1) is 3.43. The quantitative estimate of drug-likeness (QED) is 0.353. The van der Waals surface area contributed by atoms with Gasteiger partial charge in [0.2, 0.25) is 0 Å². The SMILES string of the molecule is N#CNC1COC1. The van der Waals surface area contributed by atoms with Gasteiger partial charge in [0.05, 0.1) is 19.3 Å². The predicted octanol–water partition coefficient (Wildman–Crippen LogP) is -0.544. The fourth-order valence-corrected chi connectivity index (χ4v) is 0.410. The molecule has 0 unspecified atom stereocenters. The second-order valence-corrected chi connectivity index (χ2v) is 1.49. The van der Waals surface area contributed by atoms with Crippen molar-refractivity contribution in [2.45, 2.75) is 6.04 Å². The lowest BCUT2D eigenvalue weighted by Gasteiger charge is -2.23. The second kappa shape index (κ2) is 1.80. The van der Waals surface area contributed by atoms with Crippen LogP contribution in [-0.2, 0) is 4.74 Å². The van der Waals surface area contributed by atoms with Crippen molar-refractivity contribution >= 4 is 0 Å². The van der Waals surface area contributed by atoms with Gasteiger partial charge in [0.15, 0.2) is 6.19 Å². The van der Waals surface area contributed by atoms with Crippen LogP contribution >= 0.6 is 0 Å². The van der Waals surface area contributed by atoms with E-state index in [9.17, 15) is 0 Å². The maximum Gasteiger partial charge on any atom is 0.176 e. The summed E-state index contributed by atoms with van der Waals surface area (Å²) >= 11 is 0. The third kappa shape index (κ3) is 0.815. The normalized spacial score (nSPS) is 19.9. The maximum absolute atomic E-state index is 7.98. The van der Waals surface area contributed by atoms with Crippen LogP contribution < -0.4 is 5.32 Å². The van der Waals surface area contributed by atoms with Crippen LogP contribution in [0.25, 0.3) is 0 Å². The summed E-state index contributed by atoms with van der Waals surface area (Å²) in [5.74, 6) is 0. The molecule has 1 N–H and O–H groups in total. The summed E-state index contributed by atoms with van der Waals surface area (Å²) in [6, 6.07) is 0.296. The first kappa shape index (κ1) is 4.41. The van der Waals surface area contributed by atoms with Gasteiger partial charge in [-0.3, -0.25) is 0 Å². The zero-order chi connectivity index (χ0) is 5.11. The molecule has 7 heavy (non-hydrogen) atoms. The molecule has 0 aromatic heterocycles. The Balaban J connectivity index is 2.06. The Hall–Kier alpha value is -0.750. The molecule has 0 saturated carbocycles. The molecule has 1 aliphatic heterocycles. The van der Waals surface area contributed by atoms with Crippen LogP contribution in [0, 0.1) is 11.5 Å². The minimum atomic E-state index is 0.296. The highest BCUT2D eigenvalue weighted by Gasteiger charge is 2.15. The molecule has 0 spiro atoms. The van der Waals surface area contributed by atoms with E-state index in [1.54, 1.807) is 0 Å². The lowest BCUT2D eigenvalue weighted by molar-refractivity contribution is 0.00174. The van der Waals surface area contributed by atoms with Crippen LogP contribution in [-0.4, -0.2) is 19.3 Å². The van der Waals surface area contributed by atoms with E-state index < -0.39 is 0 Å². The Bertz CT molecular complexity index is 92.4. The molecule has 0 amide bonds. The Kier molecular flexibility index (Phi) is 1.14. The monoisotopic (exact) mass is 98.0 g/mol. The van der Waals surface area contributed by atoms with Crippen molar-refractivity contribution in [1.29, 1.82) is 5.26 Å². The van der Waals surface area contributed by atoms with Crippen molar-refractivity contribution in [1.82, 2.24) is 5.32 Å². The van der Waals surface area contributed by atoms with Crippen molar-refractivity contribution in [3.8, 4) is 6.19 Å². The summed E-state index contributed by atoms with van der Waals surface area (Å²) in [6.45, 7) is 1.38. The Morgan fingerprint density at radius 2 is 2.43 bits per heavy atom. The van der Waals surface area contributed by atoms with Gasteiger partial charge in [-0.25, -0.2) is 0 Å². The number of nitrogens with one attached hydrogen (secondary N) is 1. The van der Waals surface area contributed by atoms with E-state index in [4.69, 9.17) is 10.00 Å². The summed E-state index contributed by atoms with van der Waals surface area (Å²) < 4.78 is 4.77. The van der Waals surface area contributed by atoms with Gasteiger partial charge >= 0.3 is 0 Å². The molecule has 0 radical (unpaired) electrons. The minimum Gasteiger partial charge on any atom is -0.377 e. The molecule has 3 heteroatoms. The van der Waals surface area contributed by atoms with Crippen LogP contribution in [0.4, 0.5) is 0 Å². The molecule has 1 rings (SSSR count). The molecule has 1 fully saturated rings. The number of nitriles is 1. The van der Waals surface area contributed by atoms with E-state index >= 15 is 0 Å². The van der Waals surface area contributed by atoms with Crippen molar-refractivity contribution in [3.05, 3.63) is 0 Å². The highest BCUT2D eigenvalue weighted by atomic mass is 16.5. The van der Waals surface area contributed by atoms with Gasteiger partial charge in [-0.2, -0.15) is 5.26 Å².